The van der Waals surface area contributed by atoms with Gasteiger partial charge < -0.3 is 9.47 Å². The Balaban J connectivity index is 1.80. The Morgan fingerprint density at radius 3 is 2.62 bits per heavy atom. The quantitative estimate of drug-likeness (QED) is 0.637. The Morgan fingerprint density at radius 2 is 2.00 bits per heavy atom. The summed E-state index contributed by atoms with van der Waals surface area (Å²) < 4.78 is 11.1. The van der Waals surface area contributed by atoms with Gasteiger partial charge in [-0.15, -0.1) is 11.6 Å². The van der Waals surface area contributed by atoms with Crippen molar-refractivity contribution in [2.24, 2.45) is 0 Å². The van der Waals surface area contributed by atoms with Crippen LogP contribution in [0.1, 0.15) is 19.3 Å². The Hall–Kier alpha value is 0.170. The van der Waals surface area contributed by atoms with Crippen molar-refractivity contribution in [1.82, 2.24) is 4.90 Å². The van der Waals surface area contributed by atoms with Crippen molar-refractivity contribution in [1.29, 1.82) is 0 Å². The van der Waals surface area contributed by atoms with E-state index in [1.807, 2.05) is 0 Å². The average Bonchev–Trinajstić information content (AvgIpc) is 2.67. The van der Waals surface area contributed by atoms with Crippen LogP contribution in [0.3, 0.4) is 0 Å². The highest BCUT2D eigenvalue weighted by Gasteiger charge is 2.30. The van der Waals surface area contributed by atoms with Crippen LogP contribution in [0.4, 0.5) is 0 Å². The molecule has 0 aromatic rings. The third kappa shape index (κ3) is 2.34. The second kappa shape index (κ2) is 4.60. The topological polar surface area (TPSA) is 21.7 Å². The third-order valence-electron chi connectivity index (χ3n) is 2.59. The van der Waals surface area contributed by atoms with Gasteiger partial charge in [-0.3, -0.25) is 4.90 Å². The summed E-state index contributed by atoms with van der Waals surface area (Å²) in [7, 11) is 0. The summed E-state index contributed by atoms with van der Waals surface area (Å²) in [5, 5.41) is 0. The number of nitrogens with zero attached hydrogens (tertiary/aromatic N) is 1. The van der Waals surface area contributed by atoms with Gasteiger partial charge in [0.25, 0.3) is 0 Å². The number of piperidine rings is 1. The molecule has 0 N–H and O–H groups in total. The summed E-state index contributed by atoms with van der Waals surface area (Å²) >= 11 is 5.69. The first-order valence-electron chi connectivity index (χ1n) is 4.97. The summed E-state index contributed by atoms with van der Waals surface area (Å²) in [5.41, 5.74) is 0. The molecular formula is C9H16ClNO2. The molecule has 0 radical (unpaired) electrons. The van der Waals surface area contributed by atoms with Crippen molar-refractivity contribution in [3.8, 4) is 0 Å². The Labute approximate surface area is 83.9 Å². The Morgan fingerprint density at radius 1 is 1.23 bits per heavy atom. The summed E-state index contributed by atoms with van der Waals surface area (Å²) in [6, 6.07) is 0. The van der Waals surface area contributed by atoms with Gasteiger partial charge in [0.2, 0.25) is 6.41 Å². The van der Waals surface area contributed by atoms with Crippen LogP contribution < -0.4 is 0 Å². The standard InChI is InChI=1S/C9H16ClNO2/c10-6-8-7-12-9(13-8)11-4-2-1-3-5-11/h8-9H,1-7H2/t8-,9-/m1/s1. The number of hydrogen-bond donors (Lipinski definition) is 0. The first kappa shape index (κ1) is 9.71. The van der Waals surface area contributed by atoms with E-state index in [2.05, 4.69) is 4.90 Å². The zero-order valence-electron chi connectivity index (χ0n) is 7.75. The minimum Gasteiger partial charge on any atom is -0.337 e. The number of halogens is 1. The number of likely N-dealkylation sites (tertiary alicyclic amines) is 1. The van der Waals surface area contributed by atoms with Crippen LogP contribution in [-0.2, 0) is 9.47 Å². The number of alkyl halides is 1. The van der Waals surface area contributed by atoms with Crippen LogP contribution >= 0.6 is 11.6 Å². The van der Waals surface area contributed by atoms with Crippen molar-refractivity contribution in [3.05, 3.63) is 0 Å². The van der Waals surface area contributed by atoms with Crippen LogP contribution in [0, 0.1) is 0 Å². The van der Waals surface area contributed by atoms with E-state index in [0.29, 0.717) is 12.5 Å². The molecule has 3 nitrogen and oxygen atoms in total. The summed E-state index contributed by atoms with van der Waals surface area (Å²) in [4.78, 5) is 2.26. The van der Waals surface area contributed by atoms with Gasteiger partial charge in [0.15, 0.2) is 0 Å². The minimum absolute atomic E-state index is 0.0913. The summed E-state index contributed by atoms with van der Waals surface area (Å²) in [6.07, 6.45) is 3.82. The zero-order valence-corrected chi connectivity index (χ0v) is 8.50. The van der Waals surface area contributed by atoms with E-state index in [4.69, 9.17) is 21.1 Å². The van der Waals surface area contributed by atoms with E-state index in [-0.39, 0.29) is 12.5 Å². The second-order valence-electron chi connectivity index (χ2n) is 3.65. The third-order valence-corrected chi connectivity index (χ3v) is 2.94. The summed E-state index contributed by atoms with van der Waals surface area (Å²) in [5.74, 6) is 0.532. The van der Waals surface area contributed by atoms with Gasteiger partial charge in [-0.25, -0.2) is 0 Å². The van der Waals surface area contributed by atoms with Gasteiger partial charge in [-0.05, 0) is 12.8 Å². The molecule has 4 heteroatoms. The molecule has 0 bridgehead atoms. The fraction of sp³-hybridized carbons (Fsp3) is 1.00. The molecule has 2 rings (SSSR count). The molecule has 2 saturated heterocycles. The molecule has 0 unspecified atom stereocenters. The van der Waals surface area contributed by atoms with E-state index in [9.17, 15) is 0 Å². The maximum Gasteiger partial charge on any atom is 0.219 e. The first-order chi connectivity index (χ1) is 6.40. The van der Waals surface area contributed by atoms with Gasteiger partial charge >= 0.3 is 0 Å². The number of ether oxygens (including phenoxy) is 2. The average molecular weight is 206 g/mol. The molecule has 0 amide bonds. The van der Waals surface area contributed by atoms with E-state index in [0.717, 1.165) is 13.1 Å². The minimum atomic E-state index is -0.121. The van der Waals surface area contributed by atoms with Gasteiger partial charge in [0.05, 0.1) is 18.6 Å². The van der Waals surface area contributed by atoms with Crippen LogP contribution in [0.25, 0.3) is 0 Å². The molecular weight excluding hydrogens is 190 g/mol. The maximum absolute atomic E-state index is 5.69. The molecule has 0 aliphatic carbocycles. The second-order valence-corrected chi connectivity index (χ2v) is 3.96. The van der Waals surface area contributed by atoms with Crippen LogP contribution in [0.15, 0.2) is 0 Å². The zero-order chi connectivity index (χ0) is 9.10. The highest BCUT2D eigenvalue weighted by Crippen LogP contribution is 2.20. The fourth-order valence-electron chi connectivity index (χ4n) is 1.83. The van der Waals surface area contributed by atoms with Crippen LogP contribution in [0.5, 0.6) is 0 Å². The Bertz CT molecular complexity index is 162. The van der Waals surface area contributed by atoms with Gasteiger partial charge in [0, 0.05) is 13.1 Å². The summed E-state index contributed by atoms with van der Waals surface area (Å²) in [6.45, 7) is 2.84. The molecule has 0 aromatic carbocycles. The van der Waals surface area contributed by atoms with Crippen LogP contribution in [-0.4, -0.2) is 43.0 Å². The molecule has 0 saturated carbocycles. The molecule has 76 valence electrons. The molecule has 2 fully saturated rings. The van der Waals surface area contributed by atoms with Gasteiger partial charge in [-0.1, -0.05) is 6.42 Å². The lowest BCUT2D eigenvalue weighted by Crippen LogP contribution is -2.40. The smallest absolute Gasteiger partial charge is 0.219 e. The number of rotatable bonds is 2. The van der Waals surface area contributed by atoms with E-state index in [1.165, 1.54) is 19.3 Å². The van der Waals surface area contributed by atoms with E-state index >= 15 is 0 Å². The van der Waals surface area contributed by atoms with E-state index < -0.39 is 0 Å². The number of hydrogen-bond acceptors (Lipinski definition) is 3. The van der Waals surface area contributed by atoms with Crippen molar-refractivity contribution >= 4 is 11.6 Å². The van der Waals surface area contributed by atoms with Gasteiger partial charge in [0.1, 0.15) is 0 Å². The molecule has 2 heterocycles. The highest BCUT2D eigenvalue weighted by atomic mass is 35.5. The molecule has 0 spiro atoms. The van der Waals surface area contributed by atoms with E-state index in [1.54, 1.807) is 0 Å². The first-order valence-corrected chi connectivity index (χ1v) is 5.50. The lowest BCUT2D eigenvalue weighted by Gasteiger charge is -2.30. The molecule has 2 atom stereocenters. The normalized spacial score (nSPS) is 36.7. The van der Waals surface area contributed by atoms with Crippen molar-refractivity contribution < 1.29 is 9.47 Å². The lowest BCUT2D eigenvalue weighted by atomic mass is 10.1. The largest absolute Gasteiger partial charge is 0.337 e. The maximum atomic E-state index is 5.69. The van der Waals surface area contributed by atoms with Crippen molar-refractivity contribution in [2.75, 3.05) is 25.6 Å². The highest BCUT2D eigenvalue weighted by molar-refractivity contribution is 6.18. The molecule has 2 aliphatic heterocycles. The fourth-order valence-corrected chi connectivity index (χ4v) is 2.00. The predicted octanol–water partition coefficient (Wildman–Crippen LogP) is 1.41. The lowest BCUT2D eigenvalue weighted by molar-refractivity contribution is -0.164. The van der Waals surface area contributed by atoms with Crippen molar-refractivity contribution in [2.45, 2.75) is 31.8 Å². The molecule has 2 aliphatic rings. The van der Waals surface area contributed by atoms with Gasteiger partial charge in [-0.2, -0.15) is 0 Å². The predicted molar refractivity (Wildman–Crippen MR) is 50.8 cm³/mol. The molecule has 0 aromatic heterocycles. The Kier molecular flexibility index (Phi) is 3.44. The monoisotopic (exact) mass is 205 g/mol. The SMILES string of the molecule is ClC[C@@H]1CO[C@@H](N2CCCCC2)O1. The molecule has 13 heavy (non-hydrogen) atoms. The van der Waals surface area contributed by atoms with Crippen molar-refractivity contribution in [3.63, 3.8) is 0 Å². The van der Waals surface area contributed by atoms with Crippen LogP contribution in [0.2, 0.25) is 0 Å².